The zero-order valence-electron chi connectivity index (χ0n) is 11.1. The van der Waals surface area contributed by atoms with Crippen LogP contribution in [-0.2, 0) is 0 Å². The molecule has 0 radical (unpaired) electrons. The second-order valence-corrected chi connectivity index (χ2v) is 5.65. The number of aliphatic hydroxyl groups is 1. The van der Waals surface area contributed by atoms with Gasteiger partial charge in [0.2, 0.25) is 0 Å². The molecular weight excluding hydrogens is 283 g/mol. The summed E-state index contributed by atoms with van der Waals surface area (Å²) in [4.78, 5) is 11.7. The first-order valence-electron chi connectivity index (χ1n) is 6.71. The summed E-state index contributed by atoms with van der Waals surface area (Å²) >= 11 is 5.74. The van der Waals surface area contributed by atoms with Crippen LogP contribution >= 0.6 is 11.6 Å². The van der Waals surface area contributed by atoms with E-state index in [1.807, 2.05) is 0 Å². The van der Waals surface area contributed by atoms with Crippen LogP contribution in [0.1, 0.15) is 32.1 Å². The molecule has 0 unspecified atom stereocenters. The topological polar surface area (TPSA) is 61.4 Å². The molecule has 0 atom stereocenters. The van der Waals surface area contributed by atoms with Crippen molar-refractivity contribution in [3.05, 3.63) is 29.0 Å². The minimum atomic E-state index is -0.845. The van der Waals surface area contributed by atoms with Gasteiger partial charge < -0.3 is 15.7 Å². The molecule has 0 aromatic heterocycles. The summed E-state index contributed by atoms with van der Waals surface area (Å²) < 4.78 is 13.4. The Morgan fingerprint density at radius 2 is 2.05 bits per heavy atom. The van der Waals surface area contributed by atoms with Crippen LogP contribution in [0.2, 0.25) is 5.02 Å². The minimum Gasteiger partial charge on any atom is -0.388 e. The van der Waals surface area contributed by atoms with E-state index in [2.05, 4.69) is 10.6 Å². The van der Waals surface area contributed by atoms with Crippen LogP contribution in [0.4, 0.5) is 14.9 Å². The third-order valence-corrected chi connectivity index (χ3v) is 3.77. The van der Waals surface area contributed by atoms with E-state index < -0.39 is 17.4 Å². The number of anilines is 1. The fourth-order valence-corrected chi connectivity index (χ4v) is 2.56. The van der Waals surface area contributed by atoms with Crippen LogP contribution in [-0.4, -0.2) is 23.3 Å². The van der Waals surface area contributed by atoms with Crippen molar-refractivity contribution >= 4 is 23.3 Å². The van der Waals surface area contributed by atoms with Gasteiger partial charge >= 0.3 is 6.03 Å². The van der Waals surface area contributed by atoms with Crippen molar-refractivity contribution in [2.45, 2.75) is 37.7 Å². The summed E-state index contributed by atoms with van der Waals surface area (Å²) in [6.45, 7) is 0.168. The SMILES string of the molecule is O=C(NCC1(O)CCCCC1)Nc1cc(Cl)ccc1F. The van der Waals surface area contributed by atoms with Crippen molar-refractivity contribution in [2.24, 2.45) is 0 Å². The predicted molar refractivity (Wildman–Crippen MR) is 76.5 cm³/mol. The van der Waals surface area contributed by atoms with Gasteiger partial charge in [-0.3, -0.25) is 0 Å². The van der Waals surface area contributed by atoms with E-state index >= 15 is 0 Å². The zero-order chi connectivity index (χ0) is 14.6. The van der Waals surface area contributed by atoms with E-state index in [1.165, 1.54) is 18.2 Å². The highest BCUT2D eigenvalue weighted by atomic mass is 35.5. The standard InChI is InChI=1S/C14H18ClFN2O2/c15-10-4-5-11(16)12(8-10)18-13(19)17-9-14(20)6-2-1-3-7-14/h4-5,8,20H,1-3,6-7,9H2,(H2,17,18,19). The molecule has 4 nitrogen and oxygen atoms in total. The number of carbonyl (C=O) groups excluding carboxylic acids is 1. The molecule has 1 aromatic carbocycles. The third-order valence-electron chi connectivity index (χ3n) is 3.54. The monoisotopic (exact) mass is 300 g/mol. The Morgan fingerprint density at radius 3 is 2.75 bits per heavy atom. The van der Waals surface area contributed by atoms with Gasteiger partial charge in [0.15, 0.2) is 0 Å². The summed E-state index contributed by atoms with van der Waals surface area (Å²) in [6.07, 6.45) is 4.39. The Labute approximate surface area is 122 Å². The molecular formula is C14H18ClFN2O2. The Balaban J connectivity index is 1.87. The van der Waals surface area contributed by atoms with Crippen molar-refractivity contribution in [3.63, 3.8) is 0 Å². The molecule has 3 N–H and O–H groups in total. The number of amides is 2. The molecule has 2 rings (SSSR count). The van der Waals surface area contributed by atoms with Gasteiger partial charge in [-0.2, -0.15) is 0 Å². The van der Waals surface area contributed by atoms with Crippen molar-refractivity contribution < 1.29 is 14.3 Å². The first-order chi connectivity index (χ1) is 9.48. The average Bonchev–Trinajstić information content (AvgIpc) is 2.42. The Hall–Kier alpha value is -1.33. The van der Waals surface area contributed by atoms with E-state index in [1.54, 1.807) is 0 Å². The lowest BCUT2D eigenvalue weighted by Crippen LogP contribution is -2.45. The maximum Gasteiger partial charge on any atom is 0.319 e. The van der Waals surface area contributed by atoms with E-state index in [0.717, 1.165) is 19.3 Å². The van der Waals surface area contributed by atoms with Gasteiger partial charge in [-0.15, -0.1) is 0 Å². The van der Waals surface area contributed by atoms with Gasteiger partial charge in [-0.1, -0.05) is 30.9 Å². The predicted octanol–water partition coefficient (Wildman–Crippen LogP) is 3.30. The van der Waals surface area contributed by atoms with Gasteiger partial charge in [0.05, 0.1) is 11.3 Å². The molecule has 1 saturated carbocycles. The molecule has 20 heavy (non-hydrogen) atoms. The lowest BCUT2D eigenvalue weighted by atomic mass is 9.85. The van der Waals surface area contributed by atoms with Crippen molar-refractivity contribution in [2.75, 3.05) is 11.9 Å². The maximum atomic E-state index is 13.4. The van der Waals surface area contributed by atoms with Crippen LogP contribution in [0, 0.1) is 5.82 Å². The summed E-state index contributed by atoms with van der Waals surface area (Å²) in [5.74, 6) is -0.555. The van der Waals surface area contributed by atoms with E-state index in [9.17, 15) is 14.3 Å². The average molecular weight is 301 g/mol. The van der Waals surface area contributed by atoms with Crippen molar-refractivity contribution in [3.8, 4) is 0 Å². The van der Waals surface area contributed by atoms with Gasteiger partial charge in [-0.25, -0.2) is 9.18 Å². The maximum absolute atomic E-state index is 13.4. The van der Waals surface area contributed by atoms with Crippen LogP contribution in [0.3, 0.4) is 0 Å². The van der Waals surface area contributed by atoms with E-state index in [4.69, 9.17) is 11.6 Å². The Morgan fingerprint density at radius 1 is 1.35 bits per heavy atom. The molecule has 0 aliphatic heterocycles. The summed E-state index contributed by atoms with van der Waals surface area (Å²) in [5, 5.41) is 15.6. The van der Waals surface area contributed by atoms with Gasteiger partial charge in [-0.05, 0) is 31.0 Å². The van der Waals surface area contributed by atoms with E-state index in [-0.39, 0.29) is 12.2 Å². The van der Waals surface area contributed by atoms with Crippen LogP contribution < -0.4 is 10.6 Å². The molecule has 1 fully saturated rings. The molecule has 6 heteroatoms. The third kappa shape index (κ3) is 4.08. The largest absolute Gasteiger partial charge is 0.388 e. The normalized spacial score (nSPS) is 17.6. The molecule has 0 bridgehead atoms. The van der Waals surface area contributed by atoms with Crippen LogP contribution in [0.25, 0.3) is 0 Å². The Bertz CT molecular complexity index is 490. The second-order valence-electron chi connectivity index (χ2n) is 5.22. The van der Waals surface area contributed by atoms with Gasteiger partial charge in [0.25, 0.3) is 0 Å². The van der Waals surface area contributed by atoms with Crippen molar-refractivity contribution in [1.29, 1.82) is 0 Å². The van der Waals surface area contributed by atoms with Gasteiger partial charge in [0.1, 0.15) is 5.82 Å². The van der Waals surface area contributed by atoms with Crippen LogP contribution in [0.15, 0.2) is 18.2 Å². The number of halogens is 2. The second kappa shape index (κ2) is 6.41. The minimum absolute atomic E-state index is 0.0191. The summed E-state index contributed by atoms with van der Waals surface area (Å²) in [7, 11) is 0. The molecule has 2 amide bonds. The molecule has 0 spiro atoms. The number of carbonyl (C=O) groups is 1. The lowest BCUT2D eigenvalue weighted by Gasteiger charge is -2.32. The van der Waals surface area contributed by atoms with Crippen molar-refractivity contribution in [1.82, 2.24) is 5.32 Å². The molecule has 0 heterocycles. The molecule has 0 saturated heterocycles. The number of rotatable bonds is 3. The Kier molecular flexibility index (Phi) is 4.83. The molecule has 1 aliphatic rings. The fraction of sp³-hybridized carbons (Fsp3) is 0.500. The highest BCUT2D eigenvalue weighted by Crippen LogP contribution is 2.27. The number of hydrogen-bond acceptors (Lipinski definition) is 2. The highest BCUT2D eigenvalue weighted by molar-refractivity contribution is 6.30. The fourth-order valence-electron chi connectivity index (χ4n) is 2.39. The number of nitrogens with one attached hydrogen (secondary N) is 2. The molecule has 1 aliphatic carbocycles. The van der Waals surface area contributed by atoms with Crippen LogP contribution in [0.5, 0.6) is 0 Å². The number of benzene rings is 1. The zero-order valence-corrected chi connectivity index (χ0v) is 11.8. The molecule has 110 valence electrons. The summed E-state index contributed by atoms with van der Waals surface area (Å²) in [5.41, 5.74) is -0.826. The molecule has 1 aromatic rings. The lowest BCUT2D eigenvalue weighted by molar-refractivity contribution is 0.00755. The highest BCUT2D eigenvalue weighted by Gasteiger charge is 2.29. The first kappa shape index (κ1) is 15.1. The first-order valence-corrected chi connectivity index (χ1v) is 7.09. The van der Waals surface area contributed by atoms with Gasteiger partial charge in [0, 0.05) is 11.6 Å². The smallest absolute Gasteiger partial charge is 0.319 e. The number of hydrogen-bond donors (Lipinski definition) is 3. The summed E-state index contributed by atoms with van der Waals surface area (Å²) in [6, 6.07) is 3.38. The number of urea groups is 1. The van der Waals surface area contributed by atoms with E-state index in [0.29, 0.717) is 17.9 Å². The quantitative estimate of drug-likeness (QED) is 0.802.